The Morgan fingerprint density at radius 1 is 1.35 bits per heavy atom. The zero-order valence-corrected chi connectivity index (χ0v) is 13.0. The Hall–Kier alpha value is -2.31. The quantitative estimate of drug-likeness (QED) is 0.898. The normalized spacial score (nSPS) is 17.8. The number of carboxylic acid groups (broad SMARTS) is 1. The Kier molecular flexibility index (Phi) is 4.64. The molecule has 1 aliphatic rings. The molecule has 0 spiro atoms. The molecule has 2 N–H and O–H groups in total. The van der Waals surface area contributed by atoms with Crippen LogP contribution in [-0.2, 0) is 4.74 Å². The highest BCUT2D eigenvalue weighted by Crippen LogP contribution is 2.26. The van der Waals surface area contributed by atoms with Crippen LogP contribution < -0.4 is 5.32 Å². The molecule has 3 rings (SSSR count). The van der Waals surface area contributed by atoms with E-state index in [4.69, 9.17) is 21.4 Å². The van der Waals surface area contributed by atoms with Gasteiger partial charge in [-0.05, 0) is 29.8 Å². The molecule has 1 unspecified atom stereocenters. The number of benzene rings is 1. The number of halogens is 1. The predicted octanol–water partition coefficient (Wildman–Crippen LogP) is 3.53. The maximum absolute atomic E-state index is 11.1. The van der Waals surface area contributed by atoms with Crippen molar-refractivity contribution in [3.63, 3.8) is 0 Å². The van der Waals surface area contributed by atoms with E-state index in [0.717, 1.165) is 11.3 Å². The summed E-state index contributed by atoms with van der Waals surface area (Å²) in [6, 6.07) is 11.1. The zero-order chi connectivity index (χ0) is 16.2. The van der Waals surface area contributed by atoms with E-state index in [1.807, 2.05) is 24.3 Å². The van der Waals surface area contributed by atoms with Crippen molar-refractivity contribution in [3.8, 4) is 0 Å². The molecule has 120 valence electrons. The summed E-state index contributed by atoms with van der Waals surface area (Å²) in [7, 11) is 0. The van der Waals surface area contributed by atoms with Gasteiger partial charge in [0.1, 0.15) is 11.9 Å². The number of nitrogens with one attached hydrogen (secondary N) is 1. The number of amides is 1. The van der Waals surface area contributed by atoms with E-state index in [-0.39, 0.29) is 6.10 Å². The van der Waals surface area contributed by atoms with Gasteiger partial charge < -0.3 is 20.1 Å². The average molecular weight is 334 g/mol. The molecule has 1 aliphatic heterocycles. The minimum absolute atomic E-state index is 0.243. The van der Waals surface area contributed by atoms with Crippen molar-refractivity contribution in [1.82, 2.24) is 9.88 Å². The molecule has 7 heteroatoms. The first kappa shape index (κ1) is 15.6. The summed E-state index contributed by atoms with van der Waals surface area (Å²) < 4.78 is 5.66. The van der Waals surface area contributed by atoms with Crippen LogP contribution in [0.25, 0.3) is 0 Å². The molecule has 1 atom stereocenters. The second kappa shape index (κ2) is 6.85. The number of hydrogen-bond acceptors (Lipinski definition) is 4. The zero-order valence-electron chi connectivity index (χ0n) is 12.3. The first-order valence-electron chi connectivity index (χ1n) is 7.20. The topological polar surface area (TPSA) is 74.7 Å². The van der Waals surface area contributed by atoms with Crippen LogP contribution in [0.4, 0.5) is 16.3 Å². The third kappa shape index (κ3) is 3.72. The molecule has 2 heterocycles. The third-order valence-electron chi connectivity index (χ3n) is 3.64. The summed E-state index contributed by atoms with van der Waals surface area (Å²) in [5.74, 6) is 0.591. The van der Waals surface area contributed by atoms with Crippen molar-refractivity contribution in [1.29, 1.82) is 0 Å². The number of pyridine rings is 1. The first-order chi connectivity index (χ1) is 11.1. The van der Waals surface area contributed by atoms with Gasteiger partial charge in [0.25, 0.3) is 0 Å². The van der Waals surface area contributed by atoms with Crippen LogP contribution in [0.5, 0.6) is 0 Å². The third-order valence-corrected chi connectivity index (χ3v) is 3.95. The van der Waals surface area contributed by atoms with Crippen molar-refractivity contribution in [2.75, 3.05) is 25.0 Å². The summed E-state index contributed by atoms with van der Waals surface area (Å²) in [6.45, 7) is 1.15. The Labute approximate surface area is 138 Å². The fourth-order valence-corrected chi connectivity index (χ4v) is 2.59. The molecule has 1 fully saturated rings. The number of anilines is 2. The van der Waals surface area contributed by atoms with Gasteiger partial charge in [0.05, 0.1) is 18.2 Å². The minimum atomic E-state index is -0.915. The smallest absolute Gasteiger partial charge is 0.407 e. The Morgan fingerprint density at radius 3 is 2.83 bits per heavy atom. The SMILES string of the molecule is O=C(O)N1CCOC(c2ccc(Nc3ncccc3Cl)cc2)C1. The molecule has 0 saturated carbocycles. The summed E-state index contributed by atoms with van der Waals surface area (Å²) >= 11 is 6.07. The molecule has 1 aromatic heterocycles. The van der Waals surface area contributed by atoms with E-state index in [2.05, 4.69) is 10.3 Å². The molecular formula is C16H16ClN3O3. The summed E-state index contributed by atoms with van der Waals surface area (Å²) in [5, 5.41) is 12.8. The predicted molar refractivity (Wildman–Crippen MR) is 87.3 cm³/mol. The number of hydrogen-bond donors (Lipinski definition) is 2. The van der Waals surface area contributed by atoms with Crippen LogP contribution >= 0.6 is 11.6 Å². The number of carbonyl (C=O) groups is 1. The van der Waals surface area contributed by atoms with E-state index >= 15 is 0 Å². The van der Waals surface area contributed by atoms with Crippen LogP contribution in [0.15, 0.2) is 42.6 Å². The highest BCUT2D eigenvalue weighted by atomic mass is 35.5. The lowest BCUT2D eigenvalue weighted by molar-refractivity contribution is -0.0231. The lowest BCUT2D eigenvalue weighted by Crippen LogP contribution is -2.41. The molecule has 6 nitrogen and oxygen atoms in total. The number of aromatic nitrogens is 1. The van der Waals surface area contributed by atoms with E-state index in [1.54, 1.807) is 18.3 Å². The van der Waals surface area contributed by atoms with Gasteiger partial charge in [0.15, 0.2) is 0 Å². The van der Waals surface area contributed by atoms with Gasteiger partial charge >= 0.3 is 6.09 Å². The van der Waals surface area contributed by atoms with E-state index < -0.39 is 6.09 Å². The fourth-order valence-electron chi connectivity index (χ4n) is 2.42. The Bertz CT molecular complexity index is 693. The minimum Gasteiger partial charge on any atom is -0.465 e. The fraction of sp³-hybridized carbons (Fsp3) is 0.250. The lowest BCUT2D eigenvalue weighted by Gasteiger charge is -2.31. The highest BCUT2D eigenvalue weighted by Gasteiger charge is 2.24. The van der Waals surface area contributed by atoms with Crippen molar-refractivity contribution in [2.24, 2.45) is 0 Å². The van der Waals surface area contributed by atoms with Gasteiger partial charge in [-0.15, -0.1) is 0 Å². The van der Waals surface area contributed by atoms with E-state index in [0.29, 0.717) is 30.5 Å². The molecule has 1 saturated heterocycles. The van der Waals surface area contributed by atoms with Crippen molar-refractivity contribution in [2.45, 2.75) is 6.10 Å². The van der Waals surface area contributed by atoms with Crippen LogP contribution in [0.2, 0.25) is 5.02 Å². The van der Waals surface area contributed by atoms with Crippen molar-refractivity contribution in [3.05, 3.63) is 53.2 Å². The summed E-state index contributed by atoms with van der Waals surface area (Å²) in [6.07, 6.45) is 0.507. The van der Waals surface area contributed by atoms with Crippen molar-refractivity contribution >= 4 is 29.2 Å². The molecule has 0 aliphatic carbocycles. The maximum Gasteiger partial charge on any atom is 0.407 e. The average Bonchev–Trinajstić information content (AvgIpc) is 2.58. The monoisotopic (exact) mass is 333 g/mol. The van der Waals surface area contributed by atoms with Gasteiger partial charge in [-0.3, -0.25) is 0 Å². The molecule has 0 radical (unpaired) electrons. The Balaban J connectivity index is 1.70. The van der Waals surface area contributed by atoms with Crippen LogP contribution in [0.1, 0.15) is 11.7 Å². The van der Waals surface area contributed by atoms with Gasteiger partial charge in [0, 0.05) is 18.4 Å². The molecule has 0 bridgehead atoms. The molecule has 1 aromatic carbocycles. The number of nitrogens with zero attached hydrogens (tertiary/aromatic N) is 2. The first-order valence-corrected chi connectivity index (χ1v) is 7.58. The summed E-state index contributed by atoms with van der Waals surface area (Å²) in [5.41, 5.74) is 1.79. The maximum atomic E-state index is 11.1. The van der Waals surface area contributed by atoms with Crippen LogP contribution in [0, 0.1) is 0 Å². The number of morpholine rings is 1. The molecule has 2 aromatic rings. The van der Waals surface area contributed by atoms with Crippen LogP contribution in [0.3, 0.4) is 0 Å². The van der Waals surface area contributed by atoms with Gasteiger partial charge in [-0.1, -0.05) is 23.7 Å². The standard InChI is InChI=1S/C16H16ClN3O3/c17-13-2-1-7-18-15(13)19-12-5-3-11(4-6-12)14-10-20(16(21)22)8-9-23-14/h1-7,14H,8-10H2,(H,18,19)(H,21,22). The van der Waals surface area contributed by atoms with E-state index in [1.165, 1.54) is 4.90 Å². The second-order valence-corrected chi connectivity index (χ2v) is 5.58. The summed E-state index contributed by atoms with van der Waals surface area (Å²) in [4.78, 5) is 16.6. The number of rotatable bonds is 3. The largest absolute Gasteiger partial charge is 0.465 e. The molecule has 1 amide bonds. The van der Waals surface area contributed by atoms with Gasteiger partial charge in [-0.25, -0.2) is 9.78 Å². The Morgan fingerprint density at radius 2 is 2.13 bits per heavy atom. The molecular weight excluding hydrogens is 318 g/mol. The molecule has 23 heavy (non-hydrogen) atoms. The van der Waals surface area contributed by atoms with Gasteiger partial charge in [0.2, 0.25) is 0 Å². The van der Waals surface area contributed by atoms with Gasteiger partial charge in [-0.2, -0.15) is 0 Å². The van der Waals surface area contributed by atoms with Crippen LogP contribution in [-0.4, -0.2) is 40.8 Å². The second-order valence-electron chi connectivity index (χ2n) is 5.17. The number of ether oxygens (including phenoxy) is 1. The lowest BCUT2D eigenvalue weighted by atomic mass is 10.1. The van der Waals surface area contributed by atoms with Crippen molar-refractivity contribution < 1.29 is 14.6 Å². The van der Waals surface area contributed by atoms with E-state index in [9.17, 15) is 4.79 Å². The highest BCUT2D eigenvalue weighted by molar-refractivity contribution is 6.33.